The van der Waals surface area contributed by atoms with Gasteiger partial charge in [-0.2, -0.15) is 21.6 Å². The van der Waals surface area contributed by atoms with Gasteiger partial charge in [0.25, 0.3) is 0 Å². The van der Waals surface area contributed by atoms with Gasteiger partial charge >= 0.3 is 21.5 Å². The zero-order valence-corrected chi connectivity index (χ0v) is 21.6. The number of carbonyl (C=O) groups excluding carboxylic acids is 2. The first-order valence-electron chi connectivity index (χ1n) is 11.7. The first-order valence-corrected chi connectivity index (χ1v) is 13.1. The Morgan fingerprint density at radius 3 is 2.23 bits per heavy atom. The van der Waals surface area contributed by atoms with Crippen molar-refractivity contribution in [3.05, 3.63) is 23.3 Å². The van der Waals surface area contributed by atoms with Gasteiger partial charge in [0.05, 0.1) is 30.2 Å². The Morgan fingerprint density at radius 1 is 1.09 bits per heavy atom. The first-order chi connectivity index (χ1) is 16.1. The smallest absolute Gasteiger partial charge is 0.469 e. The number of amides is 1. The summed E-state index contributed by atoms with van der Waals surface area (Å²) in [5.74, 6) is -0.908. The number of rotatable bonds is 6. The number of sulfonamides is 1. The highest BCUT2D eigenvalue weighted by Gasteiger charge is 2.53. The predicted molar refractivity (Wildman–Crippen MR) is 127 cm³/mol. The van der Waals surface area contributed by atoms with Crippen molar-refractivity contribution < 1.29 is 35.9 Å². The molecule has 1 saturated carbocycles. The summed E-state index contributed by atoms with van der Waals surface area (Å²) < 4.78 is 71.5. The number of ether oxygens (including phenoxy) is 1. The van der Waals surface area contributed by atoms with Crippen LogP contribution in [-0.2, 0) is 24.3 Å². The number of hydrogen-bond acceptors (Lipinski definition) is 5. The summed E-state index contributed by atoms with van der Waals surface area (Å²) >= 11 is 0. The molecule has 1 aliphatic heterocycles. The monoisotopic (exact) mass is 518 g/mol. The number of benzene rings is 1. The second-order valence-electron chi connectivity index (χ2n) is 10.3. The number of hydrogen-bond donors (Lipinski definition) is 0. The third-order valence-corrected chi connectivity index (χ3v) is 8.75. The second kappa shape index (κ2) is 9.29. The number of carbonyl (C=O) groups is 2. The zero-order chi connectivity index (χ0) is 26.4. The molecule has 1 spiro atoms. The topological polar surface area (TPSA) is 84.0 Å². The zero-order valence-electron chi connectivity index (χ0n) is 20.8. The average molecular weight is 519 g/mol. The minimum absolute atomic E-state index is 0.0600. The molecular formula is C24H33F3N2O5S. The maximum atomic E-state index is 13.7. The first kappa shape index (κ1) is 27.3. The molecule has 0 radical (unpaired) electrons. The minimum Gasteiger partial charge on any atom is -0.469 e. The van der Waals surface area contributed by atoms with Crippen molar-refractivity contribution in [1.82, 2.24) is 0 Å². The number of alkyl halides is 3. The van der Waals surface area contributed by atoms with Crippen molar-refractivity contribution in [3.63, 3.8) is 0 Å². The summed E-state index contributed by atoms with van der Waals surface area (Å²) in [5, 5.41) is 0. The molecule has 1 amide bonds. The van der Waals surface area contributed by atoms with Gasteiger partial charge in [0, 0.05) is 12.2 Å². The molecule has 1 aromatic rings. The molecule has 35 heavy (non-hydrogen) atoms. The fourth-order valence-electron chi connectivity index (χ4n) is 5.26. The Kier molecular flexibility index (Phi) is 7.25. The largest absolute Gasteiger partial charge is 0.516 e. The molecule has 1 aliphatic carbocycles. The van der Waals surface area contributed by atoms with Crippen molar-refractivity contribution in [3.8, 4) is 0 Å². The number of halogens is 3. The Bertz CT molecular complexity index is 1110. The van der Waals surface area contributed by atoms with Crippen molar-refractivity contribution in [2.24, 2.45) is 10.8 Å². The van der Waals surface area contributed by atoms with E-state index in [1.165, 1.54) is 26.8 Å². The van der Waals surface area contributed by atoms with E-state index < -0.39 is 38.9 Å². The van der Waals surface area contributed by atoms with Crippen LogP contribution in [0.1, 0.15) is 63.5 Å². The standard InChI is InChI=1S/C24H33F3N2O5S/c1-16-13-17(2)19(14-18(16)28-12-11-23(20(28)30)9-7-6-8-10-23)29(35(32,33)24(25,26)27)15-22(3,4)21(31)34-5/h13-14H,6-12,15H2,1-5H3. The SMILES string of the molecule is COC(=O)C(C)(C)CN(c1cc(N2CCC3(CCCCC3)C2=O)c(C)cc1C)S(=O)(=O)C(F)(F)F. The summed E-state index contributed by atoms with van der Waals surface area (Å²) in [4.78, 5) is 27.3. The van der Waals surface area contributed by atoms with E-state index in [1.54, 1.807) is 17.9 Å². The number of esters is 1. The van der Waals surface area contributed by atoms with Crippen LogP contribution in [0.15, 0.2) is 12.1 Å². The van der Waals surface area contributed by atoms with Crippen LogP contribution in [0.3, 0.4) is 0 Å². The number of methoxy groups -OCH3 is 1. The van der Waals surface area contributed by atoms with E-state index in [1.807, 2.05) is 0 Å². The van der Waals surface area contributed by atoms with E-state index >= 15 is 0 Å². The molecule has 2 aliphatic rings. The van der Waals surface area contributed by atoms with Gasteiger partial charge in [-0.1, -0.05) is 25.3 Å². The molecule has 2 fully saturated rings. The molecule has 0 N–H and O–H groups in total. The lowest BCUT2D eigenvalue weighted by Gasteiger charge is -2.34. The summed E-state index contributed by atoms with van der Waals surface area (Å²) in [6.07, 6.45) is 5.21. The molecule has 0 aromatic heterocycles. The lowest BCUT2D eigenvalue weighted by Crippen LogP contribution is -2.48. The van der Waals surface area contributed by atoms with Crippen LogP contribution in [0, 0.1) is 24.7 Å². The maximum Gasteiger partial charge on any atom is 0.516 e. The molecule has 0 bridgehead atoms. The molecular weight excluding hydrogens is 485 g/mol. The Balaban J connectivity index is 2.12. The third-order valence-electron chi connectivity index (χ3n) is 7.26. The molecule has 196 valence electrons. The van der Waals surface area contributed by atoms with Crippen LogP contribution in [0.25, 0.3) is 0 Å². The van der Waals surface area contributed by atoms with Crippen molar-refractivity contribution in [1.29, 1.82) is 0 Å². The van der Waals surface area contributed by atoms with Gasteiger partial charge in [0.15, 0.2) is 0 Å². The van der Waals surface area contributed by atoms with E-state index in [0.717, 1.165) is 39.2 Å². The van der Waals surface area contributed by atoms with E-state index in [9.17, 15) is 31.2 Å². The summed E-state index contributed by atoms with van der Waals surface area (Å²) in [5.41, 5.74) is -6.52. The van der Waals surface area contributed by atoms with Gasteiger partial charge in [-0.05, 0) is 64.2 Å². The van der Waals surface area contributed by atoms with Crippen LogP contribution < -0.4 is 9.21 Å². The highest BCUT2D eigenvalue weighted by atomic mass is 32.2. The van der Waals surface area contributed by atoms with Gasteiger partial charge in [0.1, 0.15) is 0 Å². The lowest BCUT2D eigenvalue weighted by atomic mass is 9.73. The quantitative estimate of drug-likeness (QED) is 0.503. The molecule has 11 heteroatoms. The third kappa shape index (κ3) is 4.88. The van der Waals surface area contributed by atoms with E-state index in [4.69, 9.17) is 0 Å². The van der Waals surface area contributed by atoms with Crippen LogP contribution in [-0.4, -0.2) is 46.0 Å². The fraction of sp³-hybridized carbons (Fsp3) is 0.667. The lowest BCUT2D eigenvalue weighted by molar-refractivity contribution is -0.150. The normalized spacial score (nSPS) is 18.7. The summed E-state index contributed by atoms with van der Waals surface area (Å²) in [7, 11) is -4.78. The van der Waals surface area contributed by atoms with Gasteiger partial charge in [0.2, 0.25) is 5.91 Å². The molecule has 7 nitrogen and oxygen atoms in total. The van der Waals surface area contributed by atoms with Crippen LogP contribution in [0.5, 0.6) is 0 Å². The number of nitrogens with zero attached hydrogens (tertiary/aromatic N) is 2. The Morgan fingerprint density at radius 2 is 1.69 bits per heavy atom. The molecule has 0 atom stereocenters. The highest BCUT2D eigenvalue weighted by Crippen LogP contribution is 2.47. The van der Waals surface area contributed by atoms with Crippen molar-refractivity contribution in [2.75, 3.05) is 29.4 Å². The van der Waals surface area contributed by atoms with Crippen molar-refractivity contribution in [2.45, 2.75) is 71.7 Å². The van der Waals surface area contributed by atoms with Crippen molar-refractivity contribution >= 4 is 33.3 Å². The molecule has 1 saturated heterocycles. The van der Waals surface area contributed by atoms with Gasteiger partial charge in [-0.15, -0.1) is 0 Å². The molecule has 0 unspecified atom stereocenters. The molecule has 1 heterocycles. The second-order valence-corrected chi connectivity index (χ2v) is 12.2. The average Bonchev–Trinajstić information content (AvgIpc) is 3.07. The summed E-state index contributed by atoms with van der Waals surface area (Å²) in [6, 6.07) is 2.91. The van der Waals surface area contributed by atoms with Gasteiger partial charge in [-0.3, -0.25) is 13.9 Å². The van der Waals surface area contributed by atoms with E-state index in [2.05, 4.69) is 4.74 Å². The van der Waals surface area contributed by atoms with Gasteiger partial charge < -0.3 is 9.64 Å². The molecule has 3 rings (SSSR count). The predicted octanol–water partition coefficient (Wildman–Crippen LogP) is 4.85. The highest BCUT2D eigenvalue weighted by molar-refractivity contribution is 7.93. The fourth-order valence-corrected chi connectivity index (χ4v) is 6.45. The van der Waals surface area contributed by atoms with E-state index in [-0.39, 0.29) is 21.5 Å². The summed E-state index contributed by atoms with van der Waals surface area (Å²) in [6.45, 7) is 5.51. The maximum absolute atomic E-state index is 13.7. The Labute approximate surface area is 204 Å². The van der Waals surface area contributed by atoms with Crippen LogP contribution in [0.2, 0.25) is 0 Å². The van der Waals surface area contributed by atoms with Crippen LogP contribution in [0.4, 0.5) is 24.5 Å². The van der Waals surface area contributed by atoms with Crippen LogP contribution >= 0.6 is 0 Å². The minimum atomic E-state index is -5.86. The van der Waals surface area contributed by atoms with Gasteiger partial charge in [-0.25, -0.2) is 0 Å². The molecule has 1 aromatic carbocycles. The Hall–Kier alpha value is -2.30. The number of aryl methyl sites for hydroxylation is 2. The number of anilines is 2. The van der Waals surface area contributed by atoms with E-state index in [0.29, 0.717) is 24.2 Å².